The quantitative estimate of drug-likeness (QED) is 0.643. The molecule has 1 aromatic carbocycles. The summed E-state index contributed by atoms with van der Waals surface area (Å²) < 4.78 is 5.06. The molecule has 1 aliphatic heterocycles. The number of methoxy groups -OCH3 is 1. The number of likely N-dealkylation sites (tertiary alicyclic amines) is 1. The average molecular weight is 265 g/mol. The average Bonchev–Trinajstić information content (AvgIpc) is 2.83. The molecule has 19 heavy (non-hydrogen) atoms. The second-order valence-corrected chi connectivity index (χ2v) is 4.44. The second kappa shape index (κ2) is 5.23. The molecule has 102 valence electrons. The number of amides is 1. The Labute approximate surface area is 110 Å². The largest absolute Gasteiger partial charge is 0.496 e. The Bertz CT molecular complexity index is 518. The van der Waals surface area contributed by atoms with E-state index in [1.807, 2.05) is 0 Å². The third-order valence-corrected chi connectivity index (χ3v) is 3.14. The standard InChI is InChI=1S/C12H15N3O4/c1-19-11-6-9(15(17)18)2-3-10(11)12(16)14-5-4-8(13)7-14/h2-3,6,8H,4-5,7,13H2,1H3/t8-/m0/s1. The summed E-state index contributed by atoms with van der Waals surface area (Å²) in [5.74, 6) is -0.000584. The Balaban J connectivity index is 2.29. The minimum Gasteiger partial charge on any atom is -0.496 e. The molecule has 0 saturated carbocycles. The van der Waals surface area contributed by atoms with Gasteiger partial charge in [-0.1, -0.05) is 0 Å². The van der Waals surface area contributed by atoms with E-state index in [-0.39, 0.29) is 23.4 Å². The van der Waals surface area contributed by atoms with Crippen molar-refractivity contribution < 1.29 is 14.5 Å². The maximum absolute atomic E-state index is 12.3. The first-order chi connectivity index (χ1) is 9.02. The highest BCUT2D eigenvalue weighted by Gasteiger charge is 2.27. The fraction of sp³-hybridized carbons (Fsp3) is 0.417. The monoisotopic (exact) mass is 265 g/mol. The Hall–Kier alpha value is -2.15. The molecule has 0 spiro atoms. The van der Waals surface area contributed by atoms with Gasteiger partial charge in [0.2, 0.25) is 0 Å². The smallest absolute Gasteiger partial charge is 0.273 e. The van der Waals surface area contributed by atoms with Gasteiger partial charge in [0, 0.05) is 25.2 Å². The van der Waals surface area contributed by atoms with Gasteiger partial charge in [-0.25, -0.2) is 0 Å². The Morgan fingerprint density at radius 3 is 2.84 bits per heavy atom. The lowest BCUT2D eigenvalue weighted by Gasteiger charge is -2.17. The van der Waals surface area contributed by atoms with Crippen LogP contribution in [0.1, 0.15) is 16.8 Å². The third-order valence-electron chi connectivity index (χ3n) is 3.14. The maximum atomic E-state index is 12.3. The highest BCUT2D eigenvalue weighted by atomic mass is 16.6. The molecule has 1 atom stereocenters. The summed E-state index contributed by atoms with van der Waals surface area (Å²) in [5.41, 5.74) is 5.98. The van der Waals surface area contributed by atoms with Crippen LogP contribution in [0.3, 0.4) is 0 Å². The van der Waals surface area contributed by atoms with Crippen molar-refractivity contribution in [3.8, 4) is 5.75 Å². The van der Waals surface area contributed by atoms with Crippen molar-refractivity contribution in [2.45, 2.75) is 12.5 Å². The van der Waals surface area contributed by atoms with Gasteiger partial charge >= 0.3 is 0 Å². The van der Waals surface area contributed by atoms with E-state index in [4.69, 9.17) is 10.5 Å². The molecule has 0 bridgehead atoms. The SMILES string of the molecule is COc1cc([N+](=O)[O-])ccc1C(=O)N1CC[C@H](N)C1. The van der Waals surface area contributed by atoms with Gasteiger partial charge in [-0.05, 0) is 12.5 Å². The normalized spacial score (nSPS) is 18.4. The highest BCUT2D eigenvalue weighted by molar-refractivity contribution is 5.97. The lowest BCUT2D eigenvalue weighted by molar-refractivity contribution is -0.384. The lowest BCUT2D eigenvalue weighted by atomic mass is 10.1. The van der Waals surface area contributed by atoms with E-state index in [1.54, 1.807) is 4.90 Å². The van der Waals surface area contributed by atoms with Crippen LogP contribution >= 0.6 is 0 Å². The van der Waals surface area contributed by atoms with Crippen LogP contribution in [-0.4, -0.2) is 42.0 Å². The lowest BCUT2D eigenvalue weighted by Crippen LogP contribution is -2.32. The van der Waals surface area contributed by atoms with Crippen LogP contribution in [-0.2, 0) is 0 Å². The summed E-state index contributed by atoms with van der Waals surface area (Å²) in [6, 6.07) is 3.96. The molecule has 2 N–H and O–H groups in total. The molecule has 0 unspecified atom stereocenters. The molecule has 1 fully saturated rings. The number of hydrogen-bond donors (Lipinski definition) is 1. The molecule has 0 radical (unpaired) electrons. The van der Waals surface area contributed by atoms with Gasteiger partial charge in [0.15, 0.2) is 0 Å². The zero-order valence-corrected chi connectivity index (χ0v) is 10.5. The van der Waals surface area contributed by atoms with Crippen molar-refractivity contribution in [2.75, 3.05) is 20.2 Å². The first-order valence-corrected chi connectivity index (χ1v) is 5.90. The number of carbonyl (C=O) groups is 1. The van der Waals surface area contributed by atoms with Crippen molar-refractivity contribution in [2.24, 2.45) is 5.73 Å². The van der Waals surface area contributed by atoms with Gasteiger partial charge < -0.3 is 15.4 Å². The number of hydrogen-bond acceptors (Lipinski definition) is 5. The number of nitro groups is 1. The third kappa shape index (κ3) is 2.65. The Morgan fingerprint density at radius 1 is 1.58 bits per heavy atom. The van der Waals surface area contributed by atoms with E-state index in [9.17, 15) is 14.9 Å². The van der Waals surface area contributed by atoms with Crippen LogP contribution < -0.4 is 10.5 Å². The zero-order chi connectivity index (χ0) is 14.0. The van der Waals surface area contributed by atoms with Crippen molar-refractivity contribution in [3.05, 3.63) is 33.9 Å². The van der Waals surface area contributed by atoms with Gasteiger partial charge in [0.05, 0.1) is 23.7 Å². The van der Waals surface area contributed by atoms with Crippen molar-refractivity contribution in [1.29, 1.82) is 0 Å². The van der Waals surface area contributed by atoms with E-state index < -0.39 is 4.92 Å². The topological polar surface area (TPSA) is 98.7 Å². The molecule has 7 heteroatoms. The number of nitro benzene ring substituents is 1. The van der Waals surface area contributed by atoms with Gasteiger partial charge in [0.1, 0.15) is 5.75 Å². The zero-order valence-electron chi connectivity index (χ0n) is 10.5. The first kappa shape index (κ1) is 13.3. The maximum Gasteiger partial charge on any atom is 0.273 e. The van der Waals surface area contributed by atoms with E-state index in [0.29, 0.717) is 18.7 Å². The van der Waals surface area contributed by atoms with Gasteiger partial charge in [-0.3, -0.25) is 14.9 Å². The Kier molecular flexibility index (Phi) is 3.66. The number of nitrogens with two attached hydrogens (primary N) is 1. The molecule has 0 aromatic heterocycles. The van der Waals surface area contributed by atoms with E-state index in [2.05, 4.69) is 0 Å². The van der Waals surface area contributed by atoms with Gasteiger partial charge in [-0.2, -0.15) is 0 Å². The van der Waals surface area contributed by atoms with E-state index in [1.165, 1.54) is 25.3 Å². The summed E-state index contributed by atoms with van der Waals surface area (Å²) >= 11 is 0. The number of ether oxygens (including phenoxy) is 1. The summed E-state index contributed by atoms with van der Waals surface area (Å²) in [6.45, 7) is 1.10. The van der Waals surface area contributed by atoms with Crippen molar-refractivity contribution >= 4 is 11.6 Å². The molecule has 1 heterocycles. The van der Waals surface area contributed by atoms with Gasteiger partial charge in [-0.15, -0.1) is 0 Å². The summed E-state index contributed by atoms with van der Waals surface area (Å²) in [4.78, 5) is 24.1. The number of non-ortho nitro benzene ring substituents is 1. The molecule has 1 aromatic rings. The fourth-order valence-electron chi connectivity index (χ4n) is 2.11. The molecule has 7 nitrogen and oxygen atoms in total. The molecule has 1 saturated heterocycles. The molecular formula is C12H15N3O4. The van der Waals surface area contributed by atoms with Crippen LogP contribution in [0.4, 0.5) is 5.69 Å². The number of carbonyl (C=O) groups excluding carboxylic acids is 1. The van der Waals surface area contributed by atoms with Crippen molar-refractivity contribution in [1.82, 2.24) is 4.90 Å². The molecular weight excluding hydrogens is 250 g/mol. The predicted molar refractivity (Wildman–Crippen MR) is 68.1 cm³/mol. The highest BCUT2D eigenvalue weighted by Crippen LogP contribution is 2.26. The van der Waals surface area contributed by atoms with Crippen LogP contribution in [0.15, 0.2) is 18.2 Å². The minimum absolute atomic E-state index is 0.00649. The van der Waals surface area contributed by atoms with Crippen LogP contribution in [0.2, 0.25) is 0 Å². The predicted octanol–water partition coefficient (Wildman–Crippen LogP) is 0.777. The second-order valence-electron chi connectivity index (χ2n) is 4.44. The first-order valence-electron chi connectivity index (χ1n) is 5.90. The van der Waals surface area contributed by atoms with Crippen molar-refractivity contribution in [3.63, 3.8) is 0 Å². The van der Waals surface area contributed by atoms with Crippen LogP contribution in [0, 0.1) is 10.1 Å². The Morgan fingerprint density at radius 2 is 2.32 bits per heavy atom. The number of nitrogens with zero attached hydrogens (tertiary/aromatic N) is 2. The number of benzene rings is 1. The van der Waals surface area contributed by atoms with E-state index >= 15 is 0 Å². The molecule has 2 rings (SSSR count). The summed E-state index contributed by atoms with van der Waals surface area (Å²) in [5, 5.41) is 10.7. The van der Waals surface area contributed by atoms with E-state index in [0.717, 1.165) is 6.42 Å². The van der Waals surface area contributed by atoms with Crippen LogP contribution in [0.25, 0.3) is 0 Å². The van der Waals surface area contributed by atoms with Gasteiger partial charge in [0.25, 0.3) is 11.6 Å². The summed E-state index contributed by atoms with van der Waals surface area (Å²) in [6.07, 6.45) is 0.765. The molecule has 0 aliphatic carbocycles. The number of rotatable bonds is 3. The van der Waals surface area contributed by atoms with Crippen LogP contribution in [0.5, 0.6) is 5.75 Å². The fourth-order valence-corrected chi connectivity index (χ4v) is 2.11. The minimum atomic E-state index is -0.525. The molecule has 1 aliphatic rings. The molecule has 1 amide bonds. The summed E-state index contributed by atoms with van der Waals surface area (Å²) in [7, 11) is 1.38.